The summed E-state index contributed by atoms with van der Waals surface area (Å²) in [6.45, 7) is 13.3. The minimum absolute atomic E-state index is 1.30. The lowest BCUT2D eigenvalue weighted by Crippen LogP contribution is -2.00. The van der Waals surface area contributed by atoms with Gasteiger partial charge in [-0.1, -0.05) is 59.7 Å². The second-order valence-electron chi connectivity index (χ2n) is 6.98. The van der Waals surface area contributed by atoms with E-state index in [1.165, 1.54) is 55.6 Å². The first-order chi connectivity index (χ1) is 11.4. The number of benzene rings is 3. The van der Waals surface area contributed by atoms with Crippen LogP contribution in [0.4, 0.5) is 0 Å². The van der Waals surface area contributed by atoms with Gasteiger partial charge in [0.25, 0.3) is 0 Å². The summed E-state index contributed by atoms with van der Waals surface area (Å²) < 4.78 is 0. The fourth-order valence-electron chi connectivity index (χ4n) is 3.65. The van der Waals surface area contributed by atoms with Crippen molar-refractivity contribution in [2.75, 3.05) is 0 Å². The van der Waals surface area contributed by atoms with Crippen LogP contribution >= 0.6 is 0 Å². The number of hydrogen-bond acceptors (Lipinski definition) is 0. The second-order valence-corrected chi connectivity index (χ2v) is 6.98. The Bertz CT molecular complexity index is 806. The van der Waals surface area contributed by atoms with Crippen molar-refractivity contribution in [3.63, 3.8) is 0 Å². The first-order valence-electron chi connectivity index (χ1n) is 8.64. The van der Waals surface area contributed by atoms with Crippen LogP contribution in [-0.2, 0) is 0 Å². The summed E-state index contributed by atoms with van der Waals surface area (Å²) in [4.78, 5) is 0. The average molecular weight is 314 g/mol. The van der Waals surface area contributed by atoms with Gasteiger partial charge in [-0.25, -0.2) is 0 Å². The molecule has 0 saturated carbocycles. The highest BCUT2D eigenvalue weighted by molar-refractivity contribution is 5.84. The Hall–Kier alpha value is -2.34. The number of rotatable bonds is 2. The number of hydrogen-bond donors (Lipinski definition) is 0. The first kappa shape index (κ1) is 16.5. The van der Waals surface area contributed by atoms with Crippen LogP contribution in [0.2, 0.25) is 0 Å². The minimum atomic E-state index is 1.30. The Morgan fingerprint density at radius 2 is 0.708 bits per heavy atom. The van der Waals surface area contributed by atoms with Crippen LogP contribution in [0.5, 0.6) is 0 Å². The van der Waals surface area contributed by atoms with Crippen molar-refractivity contribution in [3.05, 3.63) is 81.9 Å². The van der Waals surface area contributed by atoms with Crippen molar-refractivity contribution in [2.24, 2.45) is 0 Å². The molecule has 0 N–H and O–H groups in total. The van der Waals surface area contributed by atoms with Crippen molar-refractivity contribution >= 4 is 0 Å². The lowest BCUT2D eigenvalue weighted by Gasteiger charge is -2.21. The SMILES string of the molecule is Cc1ccc(-c2c(C)c(C)c(C)c(-c3ccc(C)cc3)c2C)cc1. The molecule has 3 aromatic carbocycles. The van der Waals surface area contributed by atoms with Gasteiger partial charge in [-0.05, 0) is 86.1 Å². The van der Waals surface area contributed by atoms with Crippen LogP contribution in [0.25, 0.3) is 22.3 Å². The maximum atomic E-state index is 2.27. The molecule has 0 unspecified atom stereocenters. The van der Waals surface area contributed by atoms with Crippen LogP contribution in [0.15, 0.2) is 48.5 Å². The van der Waals surface area contributed by atoms with Crippen molar-refractivity contribution in [1.82, 2.24) is 0 Å². The topological polar surface area (TPSA) is 0 Å². The van der Waals surface area contributed by atoms with E-state index in [0.29, 0.717) is 0 Å². The molecule has 0 bridgehead atoms. The predicted octanol–water partition coefficient (Wildman–Crippen LogP) is 6.87. The van der Waals surface area contributed by atoms with E-state index in [0.717, 1.165) is 0 Å². The third-order valence-electron chi connectivity index (χ3n) is 5.31. The van der Waals surface area contributed by atoms with Crippen molar-refractivity contribution in [3.8, 4) is 22.3 Å². The van der Waals surface area contributed by atoms with Crippen molar-refractivity contribution in [1.29, 1.82) is 0 Å². The summed E-state index contributed by atoms with van der Waals surface area (Å²) in [5, 5.41) is 0. The first-order valence-corrected chi connectivity index (χ1v) is 8.64. The Labute approximate surface area is 146 Å². The standard InChI is InChI=1S/C24H26/c1-15-7-11-21(12-8-15)23-18(4)17(3)19(5)24(20(23)6)22-13-9-16(2)10-14-22/h7-14H,1-6H3. The van der Waals surface area contributed by atoms with Gasteiger partial charge < -0.3 is 0 Å². The van der Waals surface area contributed by atoms with Crippen molar-refractivity contribution < 1.29 is 0 Å². The van der Waals surface area contributed by atoms with Gasteiger partial charge in [0, 0.05) is 0 Å². The summed E-state index contributed by atoms with van der Waals surface area (Å²) in [6, 6.07) is 17.8. The molecule has 0 amide bonds. The summed E-state index contributed by atoms with van der Waals surface area (Å²) in [6.07, 6.45) is 0. The Morgan fingerprint density at radius 1 is 0.375 bits per heavy atom. The third-order valence-corrected chi connectivity index (χ3v) is 5.31. The highest BCUT2D eigenvalue weighted by Gasteiger charge is 2.17. The number of aryl methyl sites for hydroxylation is 2. The maximum Gasteiger partial charge on any atom is -0.0116 e. The predicted molar refractivity (Wildman–Crippen MR) is 106 cm³/mol. The summed E-state index contributed by atoms with van der Waals surface area (Å²) in [7, 11) is 0. The molecule has 0 heterocycles. The van der Waals surface area contributed by atoms with Gasteiger partial charge in [-0.2, -0.15) is 0 Å². The highest BCUT2D eigenvalue weighted by Crippen LogP contribution is 2.39. The molecule has 0 aliphatic carbocycles. The van der Waals surface area contributed by atoms with Gasteiger partial charge >= 0.3 is 0 Å². The quantitative estimate of drug-likeness (QED) is 0.484. The molecule has 3 rings (SSSR count). The molecule has 0 aromatic heterocycles. The molecule has 0 aliphatic heterocycles. The van der Waals surface area contributed by atoms with E-state index in [1.54, 1.807) is 0 Å². The zero-order valence-corrected chi connectivity index (χ0v) is 15.6. The Kier molecular flexibility index (Phi) is 4.32. The molecule has 0 radical (unpaired) electrons. The molecule has 3 aromatic rings. The van der Waals surface area contributed by atoms with E-state index in [2.05, 4.69) is 90.1 Å². The molecular weight excluding hydrogens is 288 g/mol. The Balaban J connectivity index is 2.31. The van der Waals surface area contributed by atoms with Crippen LogP contribution in [0.3, 0.4) is 0 Å². The zero-order valence-electron chi connectivity index (χ0n) is 15.6. The Morgan fingerprint density at radius 3 is 1.04 bits per heavy atom. The van der Waals surface area contributed by atoms with E-state index in [4.69, 9.17) is 0 Å². The molecule has 0 aliphatic rings. The van der Waals surface area contributed by atoms with Gasteiger partial charge in [0.2, 0.25) is 0 Å². The average Bonchev–Trinajstić information content (AvgIpc) is 2.56. The van der Waals surface area contributed by atoms with E-state index in [-0.39, 0.29) is 0 Å². The molecule has 0 spiro atoms. The van der Waals surface area contributed by atoms with E-state index in [9.17, 15) is 0 Å². The van der Waals surface area contributed by atoms with Gasteiger partial charge in [0.15, 0.2) is 0 Å². The van der Waals surface area contributed by atoms with Crippen LogP contribution in [0.1, 0.15) is 33.4 Å². The molecule has 24 heavy (non-hydrogen) atoms. The van der Waals surface area contributed by atoms with Crippen LogP contribution < -0.4 is 0 Å². The third kappa shape index (κ3) is 2.78. The van der Waals surface area contributed by atoms with Gasteiger partial charge in [0.05, 0.1) is 0 Å². The molecule has 0 nitrogen and oxygen atoms in total. The lowest BCUT2D eigenvalue weighted by molar-refractivity contribution is 1.23. The van der Waals surface area contributed by atoms with Gasteiger partial charge in [0.1, 0.15) is 0 Å². The normalized spacial score (nSPS) is 10.9. The molecule has 122 valence electrons. The zero-order chi connectivity index (χ0) is 17.4. The van der Waals surface area contributed by atoms with Crippen LogP contribution in [-0.4, -0.2) is 0 Å². The van der Waals surface area contributed by atoms with E-state index in [1.807, 2.05) is 0 Å². The second kappa shape index (κ2) is 6.28. The smallest absolute Gasteiger partial charge is 0.0116 e. The molecule has 0 heteroatoms. The lowest BCUT2D eigenvalue weighted by atomic mass is 9.83. The van der Waals surface area contributed by atoms with Crippen LogP contribution in [0, 0.1) is 41.5 Å². The fraction of sp³-hybridized carbons (Fsp3) is 0.250. The fourth-order valence-corrected chi connectivity index (χ4v) is 3.65. The molecule has 0 fully saturated rings. The summed E-state index contributed by atoms with van der Waals surface area (Å²) >= 11 is 0. The van der Waals surface area contributed by atoms with Crippen molar-refractivity contribution in [2.45, 2.75) is 41.5 Å². The van der Waals surface area contributed by atoms with E-state index >= 15 is 0 Å². The van der Waals surface area contributed by atoms with Gasteiger partial charge in [-0.3, -0.25) is 0 Å². The van der Waals surface area contributed by atoms with Gasteiger partial charge in [-0.15, -0.1) is 0 Å². The van der Waals surface area contributed by atoms with E-state index < -0.39 is 0 Å². The maximum absolute atomic E-state index is 2.27. The molecule has 0 atom stereocenters. The molecular formula is C24H26. The molecule has 0 saturated heterocycles. The highest BCUT2D eigenvalue weighted by atomic mass is 14.2. The minimum Gasteiger partial charge on any atom is -0.0587 e. The summed E-state index contributed by atoms with van der Waals surface area (Å²) in [5.41, 5.74) is 13.6. The monoisotopic (exact) mass is 314 g/mol. The largest absolute Gasteiger partial charge is 0.0587 e. The summed E-state index contributed by atoms with van der Waals surface area (Å²) in [5.74, 6) is 0.